The van der Waals surface area contributed by atoms with Crippen molar-refractivity contribution >= 4 is 33.4 Å². The Morgan fingerprint density at radius 1 is 1.10 bits per heavy atom. The first-order chi connectivity index (χ1) is 10.2. The van der Waals surface area contributed by atoms with Gasteiger partial charge in [-0.05, 0) is 35.2 Å². The summed E-state index contributed by atoms with van der Waals surface area (Å²) >= 11 is 1.40. The molecule has 21 heavy (non-hydrogen) atoms. The highest BCUT2D eigenvalue weighted by Gasteiger charge is 2.07. The first-order valence-corrected chi connectivity index (χ1v) is 7.14. The van der Waals surface area contributed by atoms with Gasteiger partial charge < -0.3 is 5.32 Å². The first kappa shape index (κ1) is 13.7. The van der Waals surface area contributed by atoms with Gasteiger partial charge in [0.25, 0.3) is 0 Å². The van der Waals surface area contributed by atoms with E-state index in [2.05, 4.69) is 5.32 Å². The van der Waals surface area contributed by atoms with Crippen molar-refractivity contribution in [1.29, 1.82) is 0 Å². The molecule has 1 heterocycles. The molecule has 0 bridgehead atoms. The monoisotopic (exact) mass is 303 g/mol. The fourth-order valence-electron chi connectivity index (χ4n) is 2.13. The van der Waals surface area contributed by atoms with Crippen molar-refractivity contribution in [1.82, 2.24) is 0 Å². The Morgan fingerprint density at radius 2 is 1.95 bits per heavy atom. The Bertz CT molecular complexity index is 813. The molecule has 2 nitrogen and oxygen atoms in total. The Labute approximate surface area is 124 Å². The number of benzene rings is 2. The van der Waals surface area contributed by atoms with E-state index in [4.69, 9.17) is 0 Å². The number of nitrogens with one attached hydrogen (secondary N) is 1. The van der Waals surface area contributed by atoms with Gasteiger partial charge in [0.05, 0.1) is 15.3 Å². The molecule has 0 aliphatic heterocycles. The molecule has 0 aliphatic rings. The van der Waals surface area contributed by atoms with Crippen LogP contribution in [-0.2, 0) is 6.54 Å². The summed E-state index contributed by atoms with van der Waals surface area (Å²) in [7, 11) is 0. The van der Waals surface area contributed by atoms with E-state index in [-0.39, 0.29) is 0 Å². The maximum Gasteiger partial charge on any atom is 0.160 e. The number of halogens is 2. The lowest BCUT2D eigenvalue weighted by Crippen LogP contribution is -2.00. The number of fused-ring (bicyclic) bond motifs is 1. The summed E-state index contributed by atoms with van der Waals surface area (Å²) in [5.41, 5.74) is 1.52. The summed E-state index contributed by atoms with van der Waals surface area (Å²) in [5.74, 6) is -1.71. The molecule has 1 N–H and O–H groups in total. The molecule has 0 atom stereocenters. The molecular weight excluding hydrogens is 292 g/mol. The van der Waals surface area contributed by atoms with Gasteiger partial charge in [0.2, 0.25) is 0 Å². The van der Waals surface area contributed by atoms with Crippen LogP contribution in [0.25, 0.3) is 10.1 Å². The third-order valence-corrected chi connectivity index (χ3v) is 4.26. The average Bonchev–Trinajstić information content (AvgIpc) is 2.92. The lowest BCUT2D eigenvalue weighted by Gasteiger charge is -2.08. The van der Waals surface area contributed by atoms with Crippen molar-refractivity contribution in [3.05, 3.63) is 64.5 Å². The van der Waals surface area contributed by atoms with E-state index in [0.29, 0.717) is 17.0 Å². The average molecular weight is 303 g/mol. The molecule has 106 valence electrons. The Morgan fingerprint density at radius 3 is 2.71 bits per heavy atom. The molecule has 2 aromatic carbocycles. The number of anilines is 1. The molecule has 0 unspecified atom stereocenters. The molecule has 0 aliphatic carbocycles. The number of aldehydes is 1. The molecule has 0 amide bonds. The van der Waals surface area contributed by atoms with Gasteiger partial charge in [0.1, 0.15) is 0 Å². The highest BCUT2D eigenvalue weighted by molar-refractivity contribution is 7.21. The van der Waals surface area contributed by atoms with Gasteiger partial charge in [0.15, 0.2) is 17.9 Å². The third kappa shape index (κ3) is 2.78. The maximum atomic E-state index is 13.2. The highest BCUT2D eigenvalue weighted by atomic mass is 32.1. The molecule has 0 saturated carbocycles. The molecule has 0 radical (unpaired) electrons. The molecule has 0 fully saturated rings. The second-order valence-electron chi connectivity index (χ2n) is 4.59. The van der Waals surface area contributed by atoms with E-state index >= 15 is 0 Å². The number of rotatable bonds is 4. The van der Waals surface area contributed by atoms with Crippen LogP contribution in [0.4, 0.5) is 14.5 Å². The van der Waals surface area contributed by atoms with Crippen LogP contribution in [0, 0.1) is 11.6 Å². The third-order valence-electron chi connectivity index (χ3n) is 3.15. The SMILES string of the molecule is O=Cc1cc2cccc(NCc3ccc(F)c(F)c3)c2s1. The minimum atomic E-state index is -0.855. The molecule has 3 rings (SSSR count). The largest absolute Gasteiger partial charge is 0.380 e. The summed E-state index contributed by atoms with van der Waals surface area (Å²) in [5, 5.41) is 4.18. The van der Waals surface area contributed by atoms with Gasteiger partial charge >= 0.3 is 0 Å². The predicted molar refractivity (Wildman–Crippen MR) is 80.9 cm³/mol. The smallest absolute Gasteiger partial charge is 0.160 e. The van der Waals surface area contributed by atoms with E-state index < -0.39 is 11.6 Å². The summed E-state index contributed by atoms with van der Waals surface area (Å²) < 4.78 is 27.0. The van der Waals surface area contributed by atoms with Crippen LogP contribution in [0.2, 0.25) is 0 Å². The van der Waals surface area contributed by atoms with Crippen LogP contribution >= 0.6 is 11.3 Å². The van der Waals surface area contributed by atoms with Crippen LogP contribution in [-0.4, -0.2) is 6.29 Å². The Balaban J connectivity index is 1.86. The lowest BCUT2D eigenvalue weighted by atomic mass is 10.2. The molecule has 0 saturated heterocycles. The van der Waals surface area contributed by atoms with Gasteiger partial charge in [0, 0.05) is 6.54 Å². The van der Waals surface area contributed by atoms with Gasteiger partial charge in [-0.3, -0.25) is 4.79 Å². The topological polar surface area (TPSA) is 29.1 Å². The maximum absolute atomic E-state index is 13.2. The van der Waals surface area contributed by atoms with E-state index in [1.54, 1.807) is 0 Å². The standard InChI is InChI=1S/C16H11F2NOS/c17-13-5-4-10(6-14(13)18)8-19-15-3-1-2-11-7-12(9-20)21-16(11)15/h1-7,9,19H,8H2. The highest BCUT2D eigenvalue weighted by Crippen LogP contribution is 2.31. The number of carbonyl (C=O) groups is 1. The van der Waals surface area contributed by atoms with Crippen molar-refractivity contribution < 1.29 is 13.6 Å². The van der Waals surface area contributed by atoms with Gasteiger partial charge in [-0.2, -0.15) is 0 Å². The summed E-state index contributed by atoms with van der Waals surface area (Å²) in [6.07, 6.45) is 0.823. The van der Waals surface area contributed by atoms with E-state index in [1.807, 2.05) is 24.3 Å². The van der Waals surface area contributed by atoms with Crippen molar-refractivity contribution in [2.24, 2.45) is 0 Å². The minimum Gasteiger partial charge on any atom is -0.380 e. The number of hydrogen-bond acceptors (Lipinski definition) is 3. The van der Waals surface area contributed by atoms with Crippen LogP contribution < -0.4 is 5.32 Å². The Hall–Kier alpha value is -2.27. The normalized spacial score (nSPS) is 10.8. The Kier molecular flexibility index (Phi) is 3.66. The number of hydrogen-bond donors (Lipinski definition) is 1. The molecule has 0 spiro atoms. The van der Waals surface area contributed by atoms with Crippen LogP contribution in [0.1, 0.15) is 15.2 Å². The second kappa shape index (κ2) is 5.61. The minimum absolute atomic E-state index is 0.380. The van der Waals surface area contributed by atoms with Crippen LogP contribution in [0.3, 0.4) is 0 Å². The number of thiophene rings is 1. The van der Waals surface area contributed by atoms with E-state index in [9.17, 15) is 13.6 Å². The van der Waals surface area contributed by atoms with Crippen molar-refractivity contribution in [3.8, 4) is 0 Å². The fourth-order valence-corrected chi connectivity index (χ4v) is 3.09. The zero-order valence-electron chi connectivity index (χ0n) is 10.9. The van der Waals surface area contributed by atoms with Gasteiger partial charge in [-0.25, -0.2) is 8.78 Å². The zero-order chi connectivity index (χ0) is 14.8. The van der Waals surface area contributed by atoms with Crippen molar-refractivity contribution in [3.63, 3.8) is 0 Å². The van der Waals surface area contributed by atoms with Crippen LogP contribution in [0.5, 0.6) is 0 Å². The summed E-state index contributed by atoms with van der Waals surface area (Å²) in [6.45, 7) is 0.380. The number of carbonyl (C=O) groups excluding carboxylic acids is 1. The second-order valence-corrected chi connectivity index (χ2v) is 5.68. The summed E-state index contributed by atoms with van der Waals surface area (Å²) in [4.78, 5) is 11.5. The fraction of sp³-hybridized carbons (Fsp3) is 0.0625. The predicted octanol–water partition coefficient (Wildman–Crippen LogP) is 4.60. The summed E-state index contributed by atoms with van der Waals surface area (Å²) in [6, 6.07) is 11.4. The molecule has 1 aromatic heterocycles. The zero-order valence-corrected chi connectivity index (χ0v) is 11.7. The molecule has 3 aromatic rings. The van der Waals surface area contributed by atoms with Crippen molar-refractivity contribution in [2.45, 2.75) is 6.54 Å². The van der Waals surface area contributed by atoms with Crippen molar-refractivity contribution in [2.75, 3.05) is 5.32 Å². The van der Waals surface area contributed by atoms with E-state index in [0.717, 1.165) is 28.1 Å². The molecule has 5 heteroatoms. The van der Waals surface area contributed by atoms with E-state index in [1.165, 1.54) is 23.5 Å². The quantitative estimate of drug-likeness (QED) is 0.713. The first-order valence-electron chi connectivity index (χ1n) is 6.33. The van der Waals surface area contributed by atoms with Gasteiger partial charge in [-0.1, -0.05) is 18.2 Å². The molecular formula is C16H11F2NOS. The van der Waals surface area contributed by atoms with Gasteiger partial charge in [-0.15, -0.1) is 11.3 Å². The van der Waals surface area contributed by atoms with Crippen LogP contribution in [0.15, 0.2) is 42.5 Å². The lowest BCUT2D eigenvalue weighted by molar-refractivity contribution is 0.112.